The van der Waals surface area contributed by atoms with Crippen LogP contribution in [0.4, 0.5) is 11.4 Å². The molecule has 31 heavy (non-hydrogen) atoms. The van der Waals surface area contributed by atoms with E-state index in [-0.39, 0.29) is 24.1 Å². The van der Waals surface area contributed by atoms with Crippen LogP contribution in [0.1, 0.15) is 27.3 Å². The van der Waals surface area contributed by atoms with E-state index in [1.54, 1.807) is 32.2 Å². The summed E-state index contributed by atoms with van der Waals surface area (Å²) in [5.74, 6) is 0.366. The van der Waals surface area contributed by atoms with E-state index >= 15 is 0 Å². The van der Waals surface area contributed by atoms with Gasteiger partial charge in [0.15, 0.2) is 5.69 Å². The first kappa shape index (κ1) is 21.8. The van der Waals surface area contributed by atoms with Crippen LogP contribution in [0.5, 0.6) is 11.5 Å². The molecule has 0 saturated carbocycles. The average Bonchev–Trinajstić information content (AvgIpc) is 3.11. The van der Waals surface area contributed by atoms with E-state index in [9.17, 15) is 9.59 Å². The predicted octanol–water partition coefficient (Wildman–Crippen LogP) is 3.11. The minimum absolute atomic E-state index is 0.106. The lowest BCUT2D eigenvalue weighted by Gasteiger charge is -2.12. The van der Waals surface area contributed by atoms with Crippen LogP contribution in [0.15, 0.2) is 36.4 Å². The molecule has 0 spiro atoms. The summed E-state index contributed by atoms with van der Waals surface area (Å²) in [5, 5.41) is 13.6. The van der Waals surface area contributed by atoms with Gasteiger partial charge < -0.3 is 20.1 Å². The first-order valence-electron chi connectivity index (χ1n) is 9.63. The predicted molar refractivity (Wildman–Crippen MR) is 117 cm³/mol. The standard InChI is InChI=1S/C22H25N5O4/c1-13-6-7-14(2)18(10-13)24-22(29)21-15(3)27(26-25-21)12-20(28)23-17-9-8-16(30-4)11-19(17)31-5/h6-11H,12H2,1-5H3,(H,23,28)(H,24,29). The molecule has 0 bridgehead atoms. The van der Waals surface area contributed by atoms with Gasteiger partial charge in [-0.2, -0.15) is 0 Å². The van der Waals surface area contributed by atoms with Gasteiger partial charge >= 0.3 is 0 Å². The lowest BCUT2D eigenvalue weighted by Crippen LogP contribution is -2.21. The number of hydrogen-bond acceptors (Lipinski definition) is 6. The summed E-state index contributed by atoms with van der Waals surface area (Å²) < 4.78 is 11.8. The van der Waals surface area contributed by atoms with Gasteiger partial charge in [0.25, 0.3) is 5.91 Å². The smallest absolute Gasteiger partial charge is 0.278 e. The number of ether oxygens (including phenoxy) is 2. The van der Waals surface area contributed by atoms with Gasteiger partial charge in [0, 0.05) is 11.8 Å². The maximum absolute atomic E-state index is 12.7. The van der Waals surface area contributed by atoms with E-state index < -0.39 is 0 Å². The second kappa shape index (κ2) is 9.29. The molecule has 0 fully saturated rings. The summed E-state index contributed by atoms with van der Waals surface area (Å²) in [4.78, 5) is 25.2. The average molecular weight is 423 g/mol. The highest BCUT2D eigenvalue weighted by atomic mass is 16.5. The fourth-order valence-electron chi connectivity index (χ4n) is 3.00. The lowest BCUT2D eigenvalue weighted by atomic mass is 10.1. The van der Waals surface area contributed by atoms with Crippen LogP contribution in [0.25, 0.3) is 0 Å². The molecule has 0 atom stereocenters. The number of anilines is 2. The number of nitrogens with one attached hydrogen (secondary N) is 2. The van der Waals surface area contributed by atoms with Crippen LogP contribution in [0, 0.1) is 20.8 Å². The zero-order chi connectivity index (χ0) is 22.5. The number of methoxy groups -OCH3 is 2. The molecule has 9 heteroatoms. The SMILES string of the molecule is COc1ccc(NC(=O)Cn2nnc(C(=O)Nc3cc(C)ccc3C)c2C)c(OC)c1. The number of aryl methyl sites for hydroxylation is 2. The second-order valence-corrected chi connectivity index (χ2v) is 7.07. The van der Waals surface area contributed by atoms with Crippen molar-refractivity contribution in [2.75, 3.05) is 24.9 Å². The van der Waals surface area contributed by atoms with Crippen LogP contribution < -0.4 is 20.1 Å². The molecular formula is C22H25N5O4. The lowest BCUT2D eigenvalue weighted by molar-refractivity contribution is -0.117. The minimum Gasteiger partial charge on any atom is -0.497 e. The van der Waals surface area contributed by atoms with Crippen molar-refractivity contribution in [3.8, 4) is 11.5 Å². The first-order chi connectivity index (χ1) is 14.8. The second-order valence-electron chi connectivity index (χ2n) is 7.07. The monoisotopic (exact) mass is 423 g/mol. The van der Waals surface area contributed by atoms with Crippen molar-refractivity contribution in [2.24, 2.45) is 0 Å². The summed E-state index contributed by atoms with van der Waals surface area (Å²) in [7, 11) is 3.06. The van der Waals surface area contributed by atoms with E-state index in [4.69, 9.17) is 9.47 Å². The van der Waals surface area contributed by atoms with E-state index in [1.165, 1.54) is 11.8 Å². The quantitative estimate of drug-likeness (QED) is 0.605. The van der Waals surface area contributed by atoms with Gasteiger partial charge in [-0.3, -0.25) is 9.59 Å². The highest BCUT2D eigenvalue weighted by molar-refractivity contribution is 6.04. The molecule has 162 valence electrons. The number of amides is 2. The molecule has 0 aliphatic heterocycles. The molecule has 3 rings (SSSR count). The number of rotatable bonds is 7. The Bertz CT molecular complexity index is 1120. The van der Waals surface area contributed by atoms with Crippen LogP contribution in [0.2, 0.25) is 0 Å². The van der Waals surface area contributed by atoms with Crippen LogP contribution in [-0.2, 0) is 11.3 Å². The maximum atomic E-state index is 12.7. The highest BCUT2D eigenvalue weighted by Gasteiger charge is 2.19. The topological polar surface area (TPSA) is 107 Å². The molecule has 2 amide bonds. The van der Waals surface area contributed by atoms with Crippen LogP contribution in [0.3, 0.4) is 0 Å². The van der Waals surface area contributed by atoms with Gasteiger partial charge in [0.1, 0.15) is 18.0 Å². The largest absolute Gasteiger partial charge is 0.497 e. The zero-order valence-electron chi connectivity index (χ0n) is 18.1. The molecule has 0 aliphatic carbocycles. The van der Waals surface area contributed by atoms with Gasteiger partial charge in [-0.25, -0.2) is 4.68 Å². The summed E-state index contributed by atoms with van der Waals surface area (Å²) in [5.41, 5.74) is 3.83. The molecule has 0 saturated heterocycles. The van der Waals surface area contributed by atoms with E-state index in [2.05, 4.69) is 20.9 Å². The Balaban J connectivity index is 1.71. The summed E-state index contributed by atoms with van der Waals surface area (Å²) >= 11 is 0. The Morgan fingerprint density at radius 2 is 1.74 bits per heavy atom. The number of hydrogen-bond donors (Lipinski definition) is 2. The van der Waals surface area contributed by atoms with Crippen molar-refractivity contribution >= 4 is 23.2 Å². The van der Waals surface area contributed by atoms with Crippen molar-refractivity contribution in [1.82, 2.24) is 15.0 Å². The number of benzene rings is 2. The summed E-state index contributed by atoms with van der Waals surface area (Å²) in [6, 6.07) is 10.9. The molecule has 0 radical (unpaired) electrons. The number of carbonyl (C=O) groups is 2. The fraction of sp³-hybridized carbons (Fsp3) is 0.273. The van der Waals surface area contributed by atoms with Crippen molar-refractivity contribution < 1.29 is 19.1 Å². The summed E-state index contributed by atoms with van der Waals surface area (Å²) in [6.45, 7) is 5.45. The Morgan fingerprint density at radius 3 is 2.45 bits per heavy atom. The van der Waals surface area contributed by atoms with Crippen molar-refractivity contribution in [3.63, 3.8) is 0 Å². The van der Waals surface area contributed by atoms with Gasteiger partial charge in [-0.15, -0.1) is 5.10 Å². The number of aromatic nitrogens is 3. The molecule has 1 aromatic heterocycles. The molecule has 9 nitrogen and oxygen atoms in total. The van der Waals surface area contributed by atoms with Gasteiger partial charge in [-0.05, 0) is 50.1 Å². The molecule has 1 heterocycles. The molecule has 0 aliphatic rings. The Kier molecular flexibility index (Phi) is 6.54. The Morgan fingerprint density at radius 1 is 0.968 bits per heavy atom. The molecule has 2 N–H and O–H groups in total. The first-order valence-corrected chi connectivity index (χ1v) is 9.63. The van der Waals surface area contributed by atoms with E-state index in [1.807, 2.05) is 32.0 Å². The maximum Gasteiger partial charge on any atom is 0.278 e. The number of nitrogens with zero attached hydrogens (tertiary/aromatic N) is 3. The van der Waals surface area contributed by atoms with Gasteiger partial charge in [-0.1, -0.05) is 17.3 Å². The normalized spacial score (nSPS) is 10.5. The van der Waals surface area contributed by atoms with Crippen LogP contribution in [-0.4, -0.2) is 41.0 Å². The highest BCUT2D eigenvalue weighted by Crippen LogP contribution is 2.29. The van der Waals surface area contributed by atoms with E-state index in [0.29, 0.717) is 28.6 Å². The van der Waals surface area contributed by atoms with Gasteiger partial charge in [0.2, 0.25) is 5.91 Å². The molecule has 3 aromatic rings. The van der Waals surface area contributed by atoms with Crippen molar-refractivity contribution in [2.45, 2.75) is 27.3 Å². The fourth-order valence-corrected chi connectivity index (χ4v) is 3.00. The third-order valence-corrected chi connectivity index (χ3v) is 4.82. The van der Waals surface area contributed by atoms with Crippen molar-refractivity contribution in [1.29, 1.82) is 0 Å². The van der Waals surface area contributed by atoms with Crippen molar-refractivity contribution in [3.05, 3.63) is 58.9 Å². The molecule has 2 aromatic carbocycles. The van der Waals surface area contributed by atoms with E-state index in [0.717, 1.165) is 11.1 Å². The third-order valence-electron chi connectivity index (χ3n) is 4.82. The zero-order valence-corrected chi connectivity index (χ0v) is 18.1. The minimum atomic E-state index is -0.380. The Hall–Kier alpha value is -3.88. The van der Waals surface area contributed by atoms with Crippen LogP contribution >= 0.6 is 0 Å². The summed E-state index contributed by atoms with van der Waals surface area (Å²) in [6.07, 6.45) is 0. The molecular weight excluding hydrogens is 398 g/mol. The van der Waals surface area contributed by atoms with Gasteiger partial charge in [0.05, 0.1) is 25.6 Å². The number of carbonyl (C=O) groups excluding carboxylic acids is 2. The third kappa shape index (κ3) is 5.00. The Labute approximate surface area is 180 Å². The molecule has 0 unspecified atom stereocenters.